The number of benzene rings is 1. The molecule has 2 fully saturated rings. The molecule has 3 aliphatic heterocycles. The van der Waals surface area contributed by atoms with Crippen LogP contribution in [0.15, 0.2) is 24.4 Å². The highest BCUT2D eigenvalue weighted by Gasteiger charge is 2.40. The second-order valence-corrected chi connectivity index (χ2v) is 8.37. The van der Waals surface area contributed by atoms with Gasteiger partial charge in [0.2, 0.25) is 11.8 Å². The van der Waals surface area contributed by atoms with Crippen LogP contribution in [0.2, 0.25) is 0 Å². The molecule has 1 atom stereocenters. The number of nitrogens with zero attached hydrogens (tertiary/aromatic N) is 4. The predicted molar refractivity (Wildman–Crippen MR) is 106 cm³/mol. The fourth-order valence-corrected chi connectivity index (χ4v) is 4.55. The summed E-state index contributed by atoms with van der Waals surface area (Å²) in [6.07, 6.45) is 3.78. The van der Waals surface area contributed by atoms with Crippen LogP contribution >= 0.6 is 0 Å². The van der Waals surface area contributed by atoms with Crippen molar-refractivity contribution in [2.24, 2.45) is 0 Å². The molecule has 2 saturated heterocycles. The zero-order chi connectivity index (χ0) is 21.6. The SMILES string of the molecule is O=C1CCC(N2Cc3c(cccc3-n3cc(CC4(O)CCOCC4)nn3)C2=O)C(=O)N1. The molecule has 1 aromatic heterocycles. The van der Waals surface area contributed by atoms with Crippen LogP contribution in [0.3, 0.4) is 0 Å². The second kappa shape index (κ2) is 7.54. The maximum absolute atomic E-state index is 13.0. The van der Waals surface area contributed by atoms with Gasteiger partial charge in [-0.1, -0.05) is 11.3 Å². The minimum atomic E-state index is -0.851. The van der Waals surface area contributed by atoms with Crippen LogP contribution in [-0.4, -0.2) is 67.6 Å². The van der Waals surface area contributed by atoms with Crippen LogP contribution in [0.1, 0.15) is 47.3 Å². The molecule has 0 saturated carbocycles. The summed E-state index contributed by atoms with van der Waals surface area (Å²) < 4.78 is 6.94. The molecule has 0 bridgehead atoms. The highest BCUT2D eigenvalue weighted by molar-refractivity contribution is 6.05. The normalized spacial score (nSPS) is 23.1. The molecule has 3 amide bonds. The molecule has 162 valence electrons. The monoisotopic (exact) mass is 425 g/mol. The van der Waals surface area contributed by atoms with Gasteiger partial charge in [-0.15, -0.1) is 5.10 Å². The largest absolute Gasteiger partial charge is 0.389 e. The molecular weight excluding hydrogens is 402 g/mol. The molecule has 4 heterocycles. The van der Waals surface area contributed by atoms with Crippen molar-refractivity contribution in [3.05, 3.63) is 41.2 Å². The van der Waals surface area contributed by atoms with Gasteiger partial charge < -0.3 is 14.7 Å². The Bertz CT molecular complexity index is 1060. The third kappa shape index (κ3) is 3.61. The molecule has 0 spiro atoms. The van der Waals surface area contributed by atoms with Gasteiger partial charge in [0, 0.05) is 43.7 Å². The zero-order valence-electron chi connectivity index (χ0n) is 16.9. The summed E-state index contributed by atoms with van der Waals surface area (Å²) in [5.74, 6) is -0.984. The summed E-state index contributed by atoms with van der Waals surface area (Å²) in [4.78, 5) is 38.2. The Morgan fingerprint density at radius 3 is 2.81 bits per heavy atom. The van der Waals surface area contributed by atoms with E-state index in [4.69, 9.17) is 4.74 Å². The summed E-state index contributed by atoms with van der Waals surface area (Å²) in [6, 6.07) is 4.68. The summed E-state index contributed by atoms with van der Waals surface area (Å²) in [5.41, 5.74) is 1.79. The molecule has 10 heteroatoms. The van der Waals surface area contributed by atoms with Crippen LogP contribution in [-0.2, 0) is 27.3 Å². The first-order valence-electron chi connectivity index (χ1n) is 10.4. The lowest BCUT2D eigenvalue weighted by atomic mass is 9.90. The van der Waals surface area contributed by atoms with Gasteiger partial charge >= 0.3 is 0 Å². The van der Waals surface area contributed by atoms with E-state index in [9.17, 15) is 19.5 Å². The van der Waals surface area contributed by atoms with E-state index in [-0.39, 0.29) is 24.8 Å². The molecule has 2 aromatic rings. The Hall–Kier alpha value is -3.11. The average molecular weight is 425 g/mol. The van der Waals surface area contributed by atoms with Crippen LogP contribution in [0.25, 0.3) is 5.69 Å². The Kier molecular flexibility index (Phi) is 4.82. The minimum absolute atomic E-state index is 0.212. The fraction of sp³-hybridized carbons (Fsp3) is 0.476. The van der Waals surface area contributed by atoms with Crippen LogP contribution in [0, 0.1) is 0 Å². The lowest BCUT2D eigenvalue weighted by Crippen LogP contribution is -2.52. The summed E-state index contributed by atoms with van der Waals surface area (Å²) in [5, 5.41) is 21.5. The number of hydrogen-bond acceptors (Lipinski definition) is 7. The number of ether oxygens (including phenoxy) is 1. The third-order valence-corrected chi connectivity index (χ3v) is 6.28. The Morgan fingerprint density at radius 1 is 1.23 bits per heavy atom. The molecule has 0 aliphatic carbocycles. The number of amides is 3. The van der Waals surface area contributed by atoms with Crippen molar-refractivity contribution in [1.29, 1.82) is 0 Å². The van der Waals surface area contributed by atoms with Gasteiger partial charge in [-0.2, -0.15) is 0 Å². The van der Waals surface area contributed by atoms with E-state index in [1.807, 2.05) is 6.07 Å². The highest BCUT2D eigenvalue weighted by atomic mass is 16.5. The number of nitrogens with one attached hydrogen (secondary N) is 1. The first-order chi connectivity index (χ1) is 14.9. The van der Waals surface area contributed by atoms with Crippen molar-refractivity contribution in [3.63, 3.8) is 0 Å². The van der Waals surface area contributed by atoms with Crippen molar-refractivity contribution in [3.8, 4) is 5.69 Å². The number of aromatic nitrogens is 3. The number of fused-ring (bicyclic) bond motifs is 1. The molecule has 31 heavy (non-hydrogen) atoms. The Morgan fingerprint density at radius 2 is 2.03 bits per heavy atom. The fourth-order valence-electron chi connectivity index (χ4n) is 4.55. The van der Waals surface area contributed by atoms with E-state index in [0.717, 1.165) is 5.56 Å². The molecule has 1 unspecified atom stereocenters. The molecule has 10 nitrogen and oxygen atoms in total. The number of imide groups is 1. The number of rotatable bonds is 4. The molecule has 1 aromatic carbocycles. The number of carbonyl (C=O) groups is 3. The lowest BCUT2D eigenvalue weighted by Gasteiger charge is -2.31. The first-order valence-corrected chi connectivity index (χ1v) is 10.4. The lowest BCUT2D eigenvalue weighted by molar-refractivity contribution is -0.136. The summed E-state index contributed by atoms with van der Waals surface area (Å²) >= 11 is 0. The summed E-state index contributed by atoms with van der Waals surface area (Å²) in [7, 11) is 0. The van der Waals surface area contributed by atoms with Gasteiger partial charge in [-0.05, 0) is 31.4 Å². The Balaban J connectivity index is 1.39. The highest BCUT2D eigenvalue weighted by Crippen LogP contribution is 2.31. The number of hydrogen-bond donors (Lipinski definition) is 2. The molecular formula is C21H23N5O5. The molecule has 3 aliphatic rings. The summed E-state index contributed by atoms with van der Waals surface area (Å²) in [6.45, 7) is 1.30. The van der Waals surface area contributed by atoms with Gasteiger partial charge in [-0.3, -0.25) is 19.7 Å². The molecule has 2 N–H and O–H groups in total. The maximum Gasteiger partial charge on any atom is 0.255 e. The Labute approximate surface area is 178 Å². The van der Waals surface area contributed by atoms with E-state index >= 15 is 0 Å². The van der Waals surface area contributed by atoms with Crippen LogP contribution in [0.5, 0.6) is 0 Å². The van der Waals surface area contributed by atoms with Gasteiger partial charge in [0.15, 0.2) is 0 Å². The van der Waals surface area contributed by atoms with E-state index in [2.05, 4.69) is 15.6 Å². The van der Waals surface area contributed by atoms with Gasteiger partial charge in [0.25, 0.3) is 5.91 Å². The standard InChI is InChI=1S/C21H23N5O5/c27-18-5-4-17(19(28)22-18)25-12-15-14(20(25)29)2-1-3-16(15)26-11-13(23-24-26)10-21(30)6-8-31-9-7-21/h1-3,11,17,30H,4-10,12H2,(H,22,27,28). The minimum Gasteiger partial charge on any atom is -0.389 e. The van der Waals surface area contributed by atoms with Crippen molar-refractivity contribution in [1.82, 2.24) is 25.2 Å². The quantitative estimate of drug-likeness (QED) is 0.666. The average Bonchev–Trinajstić information content (AvgIpc) is 3.33. The van der Waals surface area contributed by atoms with Crippen molar-refractivity contribution in [2.75, 3.05) is 13.2 Å². The zero-order valence-corrected chi connectivity index (χ0v) is 16.9. The number of aliphatic hydroxyl groups is 1. The van der Waals surface area contributed by atoms with Crippen molar-refractivity contribution < 1.29 is 24.2 Å². The van der Waals surface area contributed by atoms with E-state index in [0.29, 0.717) is 55.8 Å². The van der Waals surface area contributed by atoms with E-state index in [1.165, 1.54) is 4.90 Å². The molecule has 5 rings (SSSR count). The topological polar surface area (TPSA) is 127 Å². The van der Waals surface area contributed by atoms with Crippen LogP contribution < -0.4 is 5.32 Å². The second-order valence-electron chi connectivity index (χ2n) is 8.37. The molecule has 0 radical (unpaired) electrons. The third-order valence-electron chi connectivity index (χ3n) is 6.28. The van der Waals surface area contributed by atoms with E-state index in [1.54, 1.807) is 23.0 Å². The van der Waals surface area contributed by atoms with Crippen LogP contribution in [0.4, 0.5) is 0 Å². The van der Waals surface area contributed by atoms with Gasteiger partial charge in [0.1, 0.15) is 6.04 Å². The first kappa shape index (κ1) is 19.8. The van der Waals surface area contributed by atoms with E-state index < -0.39 is 17.6 Å². The van der Waals surface area contributed by atoms with Gasteiger partial charge in [0.05, 0.1) is 23.2 Å². The number of carbonyl (C=O) groups excluding carboxylic acids is 3. The smallest absolute Gasteiger partial charge is 0.255 e. The maximum atomic E-state index is 13.0. The predicted octanol–water partition coefficient (Wildman–Crippen LogP) is 0.112. The number of piperidine rings is 1. The van der Waals surface area contributed by atoms with Crippen molar-refractivity contribution in [2.45, 2.75) is 50.3 Å². The van der Waals surface area contributed by atoms with Crippen molar-refractivity contribution >= 4 is 17.7 Å². The van der Waals surface area contributed by atoms with Gasteiger partial charge in [-0.25, -0.2) is 4.68 Å².